The Balaban J connectivity index is 1.42. The fourth-order valence-corrected chi connectivity index (χ4v) is 4.63. The summed E-state index contributed by atoms with van der Waals surface area (Å²) >= 11 is 7.49. The summed E-state index contributed by atoms with van der Waals surface area (Å²) in [5.74, 6) is 1.00. The van der Waals surface area contributed by atoms with Gasteiger partial charge in [-0.15, -0.1) is 0 Å². The minimum Gasteiger partial charge on any atom is -0.444 e. The molecule has 0 saturated carbocycles. The lowest BCUT2D eigenvalue weighted by atomic mass is 10.2. The molecule has 1 aromatic carbocycles. The first-order valence-electron chi connectivity index (χ1n) is 9.98. The highest BCUT2D eigenvalue weighted by molar-refractivity contribution is 7.98. The third-order valence-corrected chi connectivity index (χ3v) is 6.32. The normalized spacial score (nSPS) is 16.2. The van der Waals surface area contributed by atoms with Gasteiger partial charge >= 0.3 is 0 Å². The van der Waals surface area contributed by atoms with Crippen molar-refractivity contribution in [2.45, 2.75) is 36.4 Å². The smallest absolute Gasteiger partial charge is 0.263 e. The van der Waals surface area contributed by atoms with Crippen LogP contribution in [0.2, 0.25) is 5.02 Å². The summed E-state index contributed by atoms with van der Waals surface area (Å²) in [4.78, 5) is 26.6. The van der Waals surface area contributed by atoms with Crippen LogP contribution in [0.5, 0.6) is 0 Å². The molecule has 1 fully saturated rings. The first-order chi connectivity index (χ1) is 15.2. The Labute approximate surface area is 187 Å². The van der Waals surface area contributed by atoms with Gasteiger partial charge in [-0.2, -0.15) is 0 Å². The molecule has 1 saturated heterocycles. The van der Waals surface area contributed by atoms with E-state index >= 15 is 0 Å². The molecule has 1 aliphatic rings. The Morgan fingerprint density at radius 1 is 1.23 bits per heavy atom. The van der Waals surface area contributed by atoms with Crippen molar-refractivity contribution in [3.8, 4) is 11.5 Å². The van der Waals surface area contributed by atoms with Crippen LogP contribution >= 0.6 is 23.4 Å². The zero-order chi connectivity index (χ0) is 21.2. The summed E-state index contributed by atoms with van der Waals surface area (Å²) in [6.45, 7) is 1.21. The van der Waals surface area contributed by atoms with Crippen molar-refractivity contribution in [3.05, 3.63) is 69.9 Å². The molecule has 31 heavy (non-hydrogen) atoms. The molecule has 158 valence electrons. The van der Waals surface area contributed by atoms with E-state index in [1.165, 1.54) is 11.8 Å². The van der Waals surface area contributed by atoms with Gasteiger partial charge in [0.15, 0.2) is 10.8 Å². The quantitative estimate of drug-likeness (QED) is 0.311. The summed E-state index contributed by atoms with van der Waals surface area (Å²) < 4.78 is 13.1. The molecular weight excluding hydrogens is 436 g/mol. The van der Waals surface area contributed by atoms with E-state index in [1.807, 2.05) is 12.1 Å². The van der Waals surface area contributed by atoms with Crippen LogP contribution in [0, 0.1) is 0 Å². The van der Waals surface area contributed by atoms with Crippen molar-refractivity contribution in [1.82, 2.24) is 19.5 Å². The van der Waals surface area contributed by atoms with Crippen molar-refractivity contribution < 1.29 is 9.15 Å². The number of oxazole rings is 1. The number of nitrogens with zero attached hydrogens (tertiary/aromatic N) is 4. The third-order valence-electron chi connectivity index (χ3n) is 5.08. The molecule has 0 spiro atoms. The minimum absolute atomic E-state index is 0.0226. The highest BCUT2D eigenvalue weighted by atomic mass is 35.5. The zero-order valence-electron chi connectivity index (χ0n) is 16.5. The minimum atomic E-state index is -0.101. The number of benzene rings is 1. The number of aromatic nitrogens is 4. The largest absolute Gasteiger partial charge is 0.444 e. The number of thioether (sulfide) groups is 1. The molecule has 0 aliphatic carbocycles. The predicted octanol–water partition coefficient (Wildman–Crippen LogP) is 4.57. The molecular formula is C22H19ClN4O3S. The molecule has 1 aliphatic heterocycles. The molecule has 4 aromatic rings. The molecule has 0 bridgehead atoms. The Kier molecular flexibility index (Phi) is 5.76. The summed E-state index contributed by atoms with van der Waals surface area (Å²) in [5.41, 5.74) is 1.90. The molecule has 0 N–H and O–H groups in total. The topological polar surface area (TPSA) is 83.0 Å². The van der Waals surface area contributed by atoms with Gasteiger partial charge in [0.05, 0.1) is 23.7 Å². The van der Waals surface area contributed by atoms with Gasteiger partial charge in [0, 0.05) is 29.1 Å². The van der Waals surface area contributed by atoms with Gasteiger partial charge in [-0.1, -0.05) is 29.4 Å². The molecule has 0 amide bonds. The van der Waals surface area contributed by atoms with E-state index < -0.39 is 0 Å². The van der Waals surface area contributed by atoms with E-state index in [2.05, 4.69) is 15.0 Å². The number of pyridine rings is 1. The van der Waals surface area contributed by atoms with Crippen molar-refractivity contribution in [1.29, 1.82) is 0 Å². The molecule has 7 nitrogen and oxygen atoms in total. The lowest BCUT2D eigenvalue weighted by Gasteiger charge is -2.15. The van der Waals surface area contributed by atoms with Crippen molar-refractivity contribution in [3.63, 3.8) is 0 Å². The SMILES string of the molecule is O=c1c2cccnc2nc(SCc2coc(-c3cccc(Cl)c3)n2)n1CC1CCCO1. The van der Waals surface area contributed by atoms with Crippen LogP contribution < -0.4 is 5.56 Å². The van der Waals surface area contributed by atoms with E-state index in [0.29, 0.717) is 39.4 Å². The zero-order valence-corrected chi connectivity index (χ0v) is 18.1. The fraction of sp³-hybridized carbons (Fsp3) is 0.273. The van der Waals surface area contributed by atoms with E-state index in [4.69, 9.17) is 20.8 Å². The maximum absolute atomic E-state index is 13.1. The highest BCUT2D eigenvalue weighted by Crippen LogP contribution is 2.26. The van der Waals surface area contributed by atoms with E-state index in [1.54, 1.807) is 41.3 Å². The monoisotopic (exact) mass is 454 g/mol. The molecule has 5 rings (SSSR count). The van der Waals surface area contributed by atoms with Crippen LogP contribution in [0.4, 0.5) is 0 Å². The first-order valence-corrected chi connectivity index (χ1v) is 11.3. The number of hydrogen-bond acceptors (Lipinski definition) is 7. The van der Waals surface area contributed by atoms with Gasteiger partial charge in [-0.25, -0.2) is 15.0 Å². The van der Waals surface area contributed by atoms with E-state index in [0.717, 1.165) is 30.7 Å². The van der Waals surface area contributed by atoms with Gasteiger partial charge in [0.1, 0.15) is 6.26 Å². The van der Waals surface area contributed by atoms with Gasteiger partial charge in [0.2, 0.25) is 5.89 Å². The van der Waals surface area contributed by atoms with Crippen molar-refractivity contribution in [2.75, 3.05) is 6.61 Å². The first kappa shape index (κ1) is 20.2. The third kappa shape index (κ3) is 4.37. The molecule has 1 unspecified atom stereocenters. The highest BCUT2D eigenvalue weighted by Gasteiger charge is 2.21. The summed E-state index contributed by atoms with van der Waals surface area (Å²) in [6.07, 6.45) is 5.23. The average Bonchev–Trinajstić information content (AvgIpc) is 3.47. The van der Waals surface area contributed by atoms with Crippen LogP contribution in [-0.2, 0) is 17.0 Å². The Morgan fingerprint density at radius 3 is 3.00 bits per heavy atom. The summed E-state index contributed by atoms with van der Waals surface area (Å²) in [5, 5.41) is 1.73. The molecule has 1 atom stereocenters. The second-order valence-electron chi connectivity index (χ2n) is 7.26. The number of fused-ring (bicyclic) bond motifs is 1. The average molecular weight is 455 g/mol. The molecule has 0 radical (unpaired) electrons. The second-order valence-corrected chi connectivity index (χ2v) is 8.64. The van der Waals surface area contributed by atoms with Gasteiger partial charge in [-0.05, 0) is 43.2 Å². The predicted molar refractivity (Wildman–Crippen MR) is 119 cm³/mol. The van der Waals surface area contributed by atoms with Crippen LogP contribution in [-0.4, -0.2) is 32.2 Å². The second kappa shape index (κ2) is 8.82. The van der Waals surface area contributed by atoms with Crippen LogP contribution in [0.25, 0.3) is 22.5 Å². The van der Waals surface area contributed by atoms with E-state index in [-0.39, 0.29) is 11.7 Å². The number of ether oxygens (including phenoxy) is 1. The number of halogens is 1. The standard InChI is InChI=1S/C22H19ClN4O3S/c23-15-5-1-4-14(10-15)20-25-16(12-30-20)13-31-22-26-19-18(7-2-8-24-19)21(28)27(22)11-17-6-3-9-29-17/h1-2,4-5,7-8,10,12,17H,3,6,9,11,13H2. The summed E-state index contributed by atoms with van der Waals surface area (Å²) in [7, 11) is 0. The molecule has 3 aromatic heterocycles. The van der Waals surface area contributed by atoms with Gasteiger partial charge in [0.25, 0.3) is 5.56 Å². The van der Waals surface area contributed by atoms with Crippen molar-refractivity contribution in [2.24, 2.45) is 0 Å². The Bertz CT molecular complexity index is 1280. The van der Waals surface area contributed by atoms with Gasteiger partial charge in [-0.3, -0.25) is 9.36 Å². The lowest BCUT2D eigenvalue weighted by Crippen LogP contribution is -2.29. The van der Waals surface area contributed by atoms with Crippen molar-refractivity contribution >= 4 is 34.4 Å². The lowest BCUT2D eigenvalue weighted by molar-refractivity contribution is 0.0937. The van der Waals surface area contributed by atoms with Gasteiger partial charge < -0.3 is 9.15 Å². The maximum Gasteiger partial charge on any atom is 0.263 e. The Morgan fingerprint density at radius 2 is 2.16 bits per heavy atom. The number of rotatable bonds is 6. The van der Waals surface area contributed by atoms with Crippen LogP contribution in [0.3, 0.4) is 0 Å². The van der Waals surface area contributed by atoms with Crippen LogP contribution in [0.1, 0.15) is 18.5 Å². The summed E-state index contributed by atoms with van der Waals surface area (Å²) in [6, 6.07) is 10.9. The molecule has 4 heterocycles. The Hall–Kier alpha value is -2.68. The molecule has 9 heteroatoms. The number of hydrogen-bond donors (Lipinski definition) is 0. The van der Waals surface area contributed by atoms with Crippen LogP contribution in [0.15, 0.2) is 63.2 Å². The van der Waals surface area contributed by atoms with E-state index in [9.17, 15) is 4.79 Å². The maximum atomic E-state index is 13.1. The fourth-order valence-electron chi connectivity index (χ4n) is 3.57.